The number of nitrogens with one attached hydrogen (secondary N) is 1. The zero-order valence-electron chi connectivity index (χ0n) is 13.3. The van der Waals surface area contributed by atoms with Crippen LogP contribution in [0.3, 0.4) is 0 Å². The maximum atomic E-state index is 13.3. The van der Waals surface area contributed by atoms with E-state index in [0.717, 1.165) is 10.7 Å². The highest BCUT2D eigenvalue weighted by molar-refractivity contribution is 5.91. The molecule has 0 unspecified atom stereocenters. The molecule has 3 heterocycles. The number of nitrogen functional groups attached to an aromatic ring is 1. The van der Waals surface area contributed by atoms with Gasteiger partial charge in [-0.3, -0.25) is 4.79 Å². The van der Waals surface area contributed by atoms with Crippen molar-refractivity contribution >= 4 is 17.3 Å². The van der Waals surface area contributed by atoms with Crippen LogP contribution in [-0.4, -0.2) is 32.2 Å². The highest BCUT2D eigenvalue weighted by Gasteiger charge is 2.35. The second-order valence-corrected chi connectivity index (χ2v) is 5.23. The van der Waals surface area contributed by atoms with Crippen molar-refractivity contribution < 1.29 is 22.7 Å². The molecule has 3 aromatic heterocycles. The fourth-order valence-corrected chi connectivity index (χ4v) is 2.35. The number of aromatic amines is 1. The molecule has 0 saturated carbocycles. The maximum absolute atomic E-state index is 13.3. The average molecular weight is 367 g/mol. The van der Waals surface area contributed by atoms with Crippen molar-refractivity contribution in [2.45, 2.75) is 13.1 Å². The minimum absolute atomic E-state index is 0.0197. The van der Waals surface area contributed by atoms with E-state index in [9.17, 15) is 22.8 Å². The Hall–Kier alpha value is -3.37. The van der Waals surface area contributed by atoms with E-state index in [2.05, 4.69) is 15.1 Å². The fraction of sp³-hybridized carbons (Fsp3) is 0.200. The molecule has 26 heavy (non-hydrogen) atoms. The van der Waals surface area contributed by atoms with Crippen molar-refractivity contribution in [3.8, 4) is 11.4 Å². The molecule has 0 atom stereocenters. The van der Waals surface area contributed by atoms with Crippen LogP contribution >= 0.6 is 0 Å². The molecule has 3 rings (SSSR count). The topological polar surface area (TPSA) is 115 Å². The number of H-pyrrole nitrogens is 1. The summed E-state index contributed by atoms with van der Waals surface area (Å²) in [7, 11) is 0. The van der Waals surface area contributed by atoms with E-state index in [4.69, 9.17) is 10.5 Å². The normalized spacial score (nSPS) is 11.7. The molecule has 0 aliphatic heterocycles. The van der Waals surface area contributed by atoms with Crippen LogP contribution < -0.4 is 11.3 Å². The first kappa shape index (κ1) is 17.5. The zero-order valence-corrected chi connectivity index (χ0v) is 13.3. The number of hydrogen-bond donors (Lipinski definition) is 2. The molecule has 0 aromatic carbocycles. The Morgan fingerprint density at radius 2 is 2.12 bits per heavy atom. The van der Waals surface area contributed by atoms with Crippen molar-refractivity contribution in [1.29, 1.82) is 0 Å². The molecule has 8 nitrogen and oxygen atoms in total. The second kappa shape index (κ2) is 6.17. The van der Waals surface area contributed by atoms with E-state index in [-0.39, 0.29) is 29.3 Å². The van der Waals surface area contributed by atoms with Crippen molar-refractivity contribution in [1.82, 2.24) is 19.6 Å². The molecule has 0 spiro atoms. The van der Waals surface area contributed by atoms with Crippen molar-refractivity contribution in [3.05, 3.63) is 46.0 Å². The molecular weight excluding hydrogens is 355 g/mol. The number of carbonyl (C=O) groups is 1. The number of fused-ring (bicyclic) bond motifs is 1. The highest BCUT2D eigenvalue weighted by atomic mass is 19.4. The quantitative estimate of drug-likeness (QED) is 0.683. The SMILES string of the molecule is CCOC(=O)c1cc2c(=O)[nH]c(-c3cnc(N)cc3C(F)(F)F)nn2c1. The van der Waals surface area contributed by atoms with E-state index in [1.165, 1.54) is 12.3 Å². The van der Waals surface area contributed by atoms with Gasteiger partial charge in [-0.05, 0) is 19.1 Å². The Morgan fingerprint density at radius 1 is 1.38 bits per heavy atom. The van der Waals surface area contributed by atoms with Gasteiger partial charge in [-0.25, -0.2) is 14.3 Å². The number of nitrogens with zero attached hydrogens (tertiary/aromatic N) is 3. The minimum Gasteiger partial charge on any atom is -0.462 e. The van der Waals surface area contributed by atoms with Crippen molar-refractivity contribution in [2.75, 3.05) is 12.3 Å². The molecule has 0 amide bonds. The largest absolute Gasteiger partial charge is 0.462 e. The van der Waals surface area contributed by atoms with Crippen LogP contribution in [0.4, 0.5) is 19.0 Å². The molecule has 3 aromatic rings. The van der Waals surface area contributed by atoms with Crippen LogP contribution in [0.2, 0.25) is 0 Å². The molecule has 0 aliphatic rings. The lowest BCUT2D eigenvalue weighted by Gasteiger charge is -2.12. The van der Waals surface area contributed by atoms with Gasteiger partial charge < -0.3 is 15.5 Å². The summed E-state index contributed by atoms with van der Waals surface area (Å²) in [6.45, 7) is 1.75. The Bertz CT molecular complexity index is 1050. The van der Waals surface area contributed by atoms with Gasteiger partial charge in [-0.15, -0.1) is 5.10 Å². The van der Waals surface area contributed by atoms with E-state index >= 15 is 0 Å². The second-order valence-electron chi connectivity index (χ2n) is 5.23. The Kier molecular flexibility index (Phi) is 4.14. The number of hydrogen-bond acceptors (Lipinski definition) is 6. The monoisotopic (exact) mass is 367 g/mol. The van der Waals surface area contributed by atoms with Gasteiger partial charge in [-0.1, -0.05) is 0 Å². The number of ether oxygens (including phenoxy) is 1. The van der Waals surface area contributed by atoms with Crippen LogP contribution in [0.15, 0.2) is 29.3 Å². The standard InChI is InChI=1S/C15H12F3N5O3/c1-2-26-14(25)7-3-10-13(24)21-12(22-23(10)6-7)8-5-20-11(19)4-9(8)15(16,17)18/h3-6H,2H2,1H3,(H2,19,20)(H,21,22,24). The van der Waals surface area contributed by atoms with Gasteiger partial charge in [0.1, 0.15) is 11.3 Å². The van der Waals surface area contributed by atoms with Gasteiger partial charge in [0, 0.05) is 18.0 Å². The van der Waals surface area contributed by atoms with E-state index in [1.54, 1.807) is 6.92 Å². The lowest BCUT2D eigenvalue weighted by molar-refractivity contribution is -0.137. The zero-order chi connectivity index (χ0) is 19.1. The van der Waals surface area contributed by atoms with Crippen LogP contribution in [0.1, 0.15) is 22.8 Å². The van der Waals surface area contributed by atoms with E-state index in [1.807, 2.05) is 0 Å². The molecule has 11 heteroatoms. The summed E-state index contributed by atoms with van der Waals surface area (Å²) in [5, 5.41) is 3.95. The van der Waals surface area contributed by atoms with Gasteiger partial charge in [0.25, 0.3) is 5.56 Å². The first-order chi connectivity index (χ1) is 12.2. The number of anilines is 1. The lowest BCUT2D eigenvalue weighted by Crippen LogP contribution is -2.16. The molecular formula is C15H12F3N5O3. The summed E-state index contributed by atoms with van der Waals surface area (Å²) in [6.07, 6.45) is -2.66. The van der Waals surface area contributed by atoms with Crippen molar-refractivity contribution in [3.63, 3.8) is 0 Å². The summed E-state index contributed by atoms with van der Waals surface area (Å²) < 4.78 is 45.6. The summed E-state index contributed by atoms with van der Waals surface area (Å²) in [5.41, 5.74) is 3.09. The molecule has 3 N–H and O–H groups in total. The number of nitrogens with two attached hydrogens (primary N) is 1. The van der Waals surface area contributed by atoms with Gasteiger partial charge in [0.2, 0.25) is 0 Å². The molecule has 0 fully saturated rings. The third-order valence-electron chi connectivity index (χ3n) is 3.47. The van der Waals surface area contributed by atoms with Crippen molar-refractivity contribution in [2.24, 2.45) is 0 Å². The fourth-order valence-electron chi connectivity index (χ4n) is 2.35. The van der Waals surface area contributed by atoms with E-state index in [0.29, 0.717) is 6.07 Å². The number of aromatic nitrogens is 4. The number of carbonyl (C=O) groups excluding carboxylic acids is 1. The molecule has 0 aliphatic carbocycles. The smallest absolute Gasteiger partial charge is 0.417 e. The summed E-state index contributed by atoms with van der Waals surface area (Å²) in [4.78, 5) is 29.8. The maximum Gasteiger partial charge on any atom is 0.417 e. The van der Waals surface area contributed by atoms with Gasteiger partial charge >= 0.3 is 12.1 Å². The highest BCUT2D eigenvalue weighted by Crippen LogP contribution is 2.36. The van der Waals surface area contributed by atoms with E-state index < -0.39 is 28.8 Å². The van der Waals surface area contributed by atoms with Crippen LogP contribution in [0.5, 0.6) is 0 Å². The number of esters is 1. The number of pyridine rings is 1. The summed E-state index contributed by atoms with van der Waals surface area (Å²) in [5.74, 6) is -1.37. The minimum atomic E-state index is -4.73. The number of alkyl halides is 3. The lowest BCUT2D eigenvalue weighted by atomic mass is 10.1. The Balaban J connectivity index is 2.19. The van der Waals surface area contributed by atoms with Gasteiger partial charge in [0.05, 0.1) is 17.7 Å². The molecule has 0 saturated heterocycles. The van der Waals surface area contributed by atoms with Crippen LogP contribution in [0.25, 0.3) is 16.9 Å². The Labute approximate surface area is 143 Å². The van der Waals surface area contributed by atoms with Crippen LogP contribution in [-0.2, 0) is 10.9 Å². The number of rotatable bonds is 3. The van der Waals surface area contributed by atoms with Crippen LogP contribution in [0, 0.1) is 0 Å². The predicted octanol–water partition coefficient (Wildman–Crippen LogP) is 1.86. The third kappa shape index (κ3) is 3.10. The molecule has 0 radical (unpaired) electrons. The third-order valence-corrected chi connectivity index (χ3v) is 3.47. The first-order valence-corrected chi connectivity index (χ1v) is 7.33. The molecule has 0 bridgehead atoms. The Morgan fingerprint density at radius 3 is 2.77 bits per heavy atom. The summed E-state index contributed by atoms with van der Waals surface area (Å²) >= 11 is 0. The summed E-state index contributed by atoms with van der Waals surface area (Å²) in [6, 6.07) is 1.89. The van der Waals surface area contributed by atoms with Gasteiger partial charge in [0.15, 0.2) is 5.82 Å². The average Bonchev–Trinajstić information content (AvgIpc) is 2.99. The molecule has 136 valence electrons. The first-order valence-electron chi connectivity index (χ1n) is 7.33. The predicted molar refractivity (Wildman–Crippen MR) is 84.4 cm³/mol. The van der Waals surface area contributed by atoms with Gasteiger partial charge in [-0.2, -0.15) is 13.2 Å². The number of halogens is 3.